The lowest BCUT2D eigenvalue weighted by molar-refractivity contribution is 0.904. The van der Waals surface area contributed by atoms with Crippen molar-refractivity contribution in [1.82, 2.24) is 5.32 Å². The zero-order valence-electron chi connectivity index (χ0n) is 7.99. The second-order valence-electron chi connectivity index (χ2n) is 1.96. The SMILES string of the molecule is CC.CC/C(C)=C\CNC. The van der Waals surface area contributed by atoms with E-state index in [1.54, 1.807) is 0 Å². The minimum absolute atomic E-state index is 1.000. The molecular formula is C9H21N. The summed E-state index contributed by atoms with van der Waals surface area (Å²) in [6.07, 6.45) is 3.38. The fraction of sp³-hybridized carbons (Fsp3) is 0.778. The standard InChI is InChI=1S/C7H15N.C2H6/c1-4-7(2)5-6-8-3;1-2/h5,8H,4,6H2,1-3H3;1-2H3/b7-5-;. The van der Waals surface area contributed by atoms with Crippen molar-refractivity contribution in [3.05, 3.63) is 11.6 Å². The second-order valence-corrected chi connectivity index (χ2v) is 1.96. The van der Waals surface area contributed by atoms with E-state index in [1.165, 1.54) is 12.0 Å². The first-order chi connectivity index (χ1) is 4.81. The summed E-state index contributed by atoms with van der Waals surface area (Å²) >= 11 is 0. The highest BCUT2D eigenvalue weighted by atomic mass is 14.8. The molecule has 1 nitrogen and oxygen atoms in total. The Morgan fingerprint density at radius 1 is 1.40 bits per heavy atom. The van der Waals surface area contributed by atoms with E-state index in [-0.39, 0.29) is 0 Å². The second kappa shape index (κ2) is 11.5. The molecule has 0 aliphatic carbocycles. The van der Waals surface area contributed by atoms with Crippen molar-refractivity contribution in [1.29, 1.82) is 0 Å². The van der Waals surface area contributed by atoms with Gasteiger partial charge in [-0.3, -0.25) is 0 Å². The van der Waals surface area contributed by atoms with Gasteiger partial charge in [-0.1, -0.05) is 32.4 Å². The van der Waals surface area contributed by atoms with Crippen LogP contribution in [0.1, 0.15) is 34.1 Å². The highest BCUT2D eigenvalue weighted by Crippen LogP contribution is 1.94. The van der Waals surface area contributed by atoms with Crippen LogP contribution in [0.15, 0.2) is 11.6 Å². The summed E-state index contributed by atoms with van der Waals surface area (Å²) in [5.41, 5.74) is 1.46. The van der Waals surface area contributed by atoms with E-state index in [2.05, 4.69) is 25.2 Å². The van der Waals surface area contributed by atoms with Gasteiger partial charge in [-0.05, 0) is 20.4 Å². The van der Waals surface area contributed by atoms with Crippen LogP contribution in [-0.2, 0) is 0 Å². The molecule has 10 heavy (non-hydrogen) atoms. The maximum Gasteiger partial charge on any atom is 0.0134 e. The van der Waals surface area contributed by atoms with Crippen molar-refractivity contribution in [3.63, 3.8) is 0 Å². The lowest BCUT2D eigenvalue weighted by Crippen LogP contribution is -2.04. The number of hydrogen-bond acceptors (Lipinski definition) is 1. The van der Waals surface area contributed by atoms with Crippen LogP contribution >= 0.6 is 0 Å². The fourth-order valence-corrected chi connectivity index (χ4v) is 0.421. The van der Waals surface area contributed by atoms with Crippen LogP contribution in [0.5, 0.6) is 0 Å². The molecule has 0 aliphatic rings. The largest absolute Gasteiger partial charge is 0.316 e. The van der Waals surface area contributed by atoms with E-state index in [4.69, 9.17) is 0 Å². The Kier molecular flexibility index (Phi) is 14.2. The van der Waals surface area contributed by atoms with Crippen LogP contribution < -0.4 is 5.32 Å². The molecule has 0 bridgehead atoms. The van der Waals surface area contributed by atoms with E-state index in [1.807, 2.05) is 20.9 Å². The first-order valence-electron chi connectivity index (χ1n) is 4.11. The molecular weight excluding hydrogens is 122 g/mol. The van der Waals surface area contributed by atoms with Crippen molar-refractivity contribution in [3.8, 4) is 0 Å². The zero-order valence-corrected chi connectivity index (χ0v) is 7.99. The monoisotopic (exact) mass is 143 g/mol. The van der Waals surface area contributed by atoms with Gasteiger partial charge in [0.05, 0.1) is 0 Å². The van der Waals surface area contributed by atoms with Crippen molar-refractivity contribution in [2.75, 3.05) is 13.6 Å². The Hall–Kier alpha value is -0.300. The van der Waals surface area contributed by atoms with Crippen LogP contribution in [0.4, 0.5) is 0 Å². The third-order valence-electron chi connectivity index (χ3n) is 1.21. The Morgan fingerprint density at radius 2 is 1.90 bits per heavy atom. The molecule has 0 spiro atoms. The minimum Gasteiger partial charge on any atom is -0.316 e. The van der Waals surface area contributed by atoms with Crippen LogP contribution in [0.25, 0.3) is 0 Å². The maximum atomic E-state index is 3.06. The first kappa shape index (κ1) is 12.4. The van der Waals surface area contributed by atoms with Gasteiger partial charge in [0.2, 0.25) is 0 Å². The normalized spacial score (nSPS) is 10.3. The molecule has 0 amide bonds. The maximum absolute atomic E-state index is 3.06. The number of rotatable bonds is 3. The average Bonchev–Trinajstić information content (AvgIpc) is 2.04. The molecule has 0 fully saturated rings. The third-order valence-corrected chi connectivity index (χ3v) is 1.21. The van der Waals surface area contributed by atoms with E-state index >= 15 is 0 Å². The van der Waals surface area contributed by atoms with Crippen LogP contribution in [0, 0.1) is 0 Å². The summed E-state index contributed by atoms with van der Waals surface area (Å²) in [5.74, 6) is 0. The quantitative estimate of drug-likeness (QED) is 0.599. The summed E-state index contributed by atoms with van der Waals surface area (Å²) in [6.45, 7) is 9.32. The Morgan fingerprint density at radius 3 is 2.20 bits per heavy atom. The summed E-state index contributed by atoms with van der Waals surface area (Å²) in [4.78, 5) is 0. The highest BCUT2D eigenvalue weighted by Gasteiger charge is 1.78. The van der Waals surface area contributed by atoms with Crippen molar-refractivity contribution in [2.24, 2.45) is 0 Å². The molecule has 1 N–H and O–H groups in total. The minimum atomic E-state index is 1.000. The van der Waals surface area contributed by atoms with Crippen LogP contribution in [0.3, 0.4) is 0 Å². The number of hydrogen-bond donors (Lipinski definition) is 1. The van der Waals surface area contributed by atoms with E-state index in [0.29, 0.717) is 0 Å². The smallest absolute Gasteiger partial charge is 0.0134 e. The summed E-state index contributed by atoms with van der Waals surface area (Å²) < 4.78 is 0. The molecule has 62 valence electrons. The average molecular weight is 143 g/mol. The molecule has 0 radical (unpaired) electrons. The molecule has 0 aliphatic heterocycles. The first-order valence-corrected chi connectivity index (χ1v) is 4.11. The third kappa shape index (κ3) is 10.6. The summed E-state index contributed by atoms with van der Waals surface area (Å²) in [5, 5.41) is 3.06. The molecule has 0 atom stereocenters. The molecule has 0 heterocycles. The van der Waals surface area contributed by atoms with Crippen molar-refractivity contribution >= 4 is 0 Å². The molecule has 0 unspecified atom stereocenters. The number of nitrogens with one attached hydrogen (secondary N) is 1. The molecule has 0 aromatic heterocycles. The summed E-state index contributed by atoms with van der Waals surface area (Å²) in [6, 6.07) is 0. The van der Waals surface area contributed by atoms with Gasteiger partial charge in [0, 0.05) is 6.54 Å². The Bertz CT molecular complexity index is 74.8. The Labute approximate surface area is 65.5 Å². The topological polar surface area (TPSA) is 12.0 Å². The number of likely N-dealkylation sites (N-methyl/N-ethyl adjacent to an activating group) is 1. The van der Waals surface area contributed by atoms with Crippen molar-refractivity contribution in [2.45, 2.75) is 34.1 Å². The molecule has 1 heteroatoms. The molecule has 0 aromatic carbocycles. The molecule has 0 saturated heterocycles. The van der Waals surface area contributed by atoms with E-state index in [0.717, 1.165) is 6.54 Å². The van der Waals surface area contributed by atoms with Gasteiger partial charge < -0.3 is 5.32 Å². The Balaban J connectivity index is 0. The lowest BCUT2D eigenvalue weighted by Gasteiger charge is -1.92. The molecule has 0 aromatic rings. The van der Waals surface area contributed by atoms with Gasteiger partial charge in [-0.25, -0.2) is 0 Å². The predicted octanol–water partition coefficient (Wildman–Crippen LogP) is 2.59. The lowest BCUT2D eigenvalue weighted by atomic mass is 10.2. The summed E-state index contributed by atoms with van der Waals surface area (Å²) in [7, 11) is 1.96. The zero-order chi connectivity index (χ0) is 8.41. The van der Waals surface area contributed by atoms with Crippen LogP contribution in [0.2, 0.25) is 0 Å². The molecule has 0 rings (SSSR count). The highest BCUT2D eigenvalue weighted by molar-refractivity contribution is 4.97. The predicted molar refractivity (Wildman–Crippen MR) is 49.3 cm³/mol. The molecule has 0 saturated carbocycles. The van der Waals surface area contributed by atoms with Gasteiger partial charge in [0.1, 0.15) is 0 Å². The van der Waals surface area contributed by atoms with Crippen molar-refractivity contribution < 1.29 is 0 Å². The van der Waals surface area contributed by atoms with E-state index < -0.39 is 0 Å². The van der Waals surface area contributed by atoms with Gasteiger partial charge >= 0.3 is 0 Å². The van der Waals surface area contributed by atoms with Gasteiger partial charge in [-0.2, -0.15) is 0 Å². The van der Waals surface area contributed by atoms with E-state index in [9.17, 15) is 0 Å². The number of allylic oxidation sites excluding steroid dienone is 1. The van der Waals surface area contributed by atoms with Gasteiger partial charge in [0.25, 0.3) is 0 Å². The van der Waals surface area contributed by atoms with Gasteiger partial charge in [-0.15, -0.1) is 0 Å². The fourth-order valence-electron chi connectivity index (χ4n) is 0.421. The van der Waals surface area contributed by atoms with Gasteiger partial charge in [0.15, 0.2) is 0 Å². The van der Waals surface area contributed by atoms with Crippen LogP contribution in [-0.4, -0.2) is 13.6 Å².